The Labute approximate surface area is 294 Å². The van der Waals surface area contributed by atoms with Gasteiger partial charge in [0.2, 0.25) is 11.8 Å². The third-order valence-electron chi connectivity index (χ3n) is 9.61. The number of aryl methyl sites for hydroxylation is 1. The monoisotopic (exact) mass is 673 g/mol. The number of ether oxygens (including phenoxy) is 3. The molecule has 9 nitrogen and oxygen atoms in total. The first-order valence-electron chi connectivity index (χ1n) is 17.7. The average molecular weight is 674 g/mol. The van der Waals surface area contributed by atoms with E-state index in [1.54, 1.807) is 0 Å². The highest BCUT2D eigenvalue weighted by atomic mass is 16.6. The van der Waals surface area contributed by atoms with Gasteiger partial charge in [-0.3, -0.25) is 4.68 Å². The molecule has 2 aliphatic rings. The second kappa shape index (κ2) is 14.4. The predicted molar refractivity (Wildman–Crippen MR) is 196 cm³/mol. The molecule has 50 heavy (non-hydrogen) atoms. The van der Waals surface area contributed by atoms with Crippen molar-refractivity contribution in [3.8, 4) is 23.0 Å². The summed E-state index contributed by atoms with van der Waals surface area (Å²) in [5, 5.41) is 6.11. The van der Waals surface area contributed by atoms with Crippen molar-refractivity contribution in [3.63, 3.8) is 0 Å². The molecular formula is C41H47N5O4. The zero-order valence-corrected chi connectivity index (χ0v) is 29.5. The van der Waals surface area contributed by atoms with Gasteiger partial charge in [-0.2, -0.15) is 10.1 Å². The number of hydrogen-bond acceptors (Lipinski definition) is 7. The fourth-order valence-corrected chi connectivity index (χ4v) is 7.09. The third kappa shape index (κ3) is 7.72. The van der Waals surface area contributed by atoms with E-state index in [0.29, 0.717) is 36.8 Å². The summed E-state index contributed by atoms with van der Waals surface area (Å²) in [7, 11) is 2.01. The Bertz CT molecular complexity index is 1910. The molecule has 2 fully saturated rings. The van der Waals surface area contributed by atoms with Crippen LogP contribution in [0, 0.1) is 11.8 Å². The van der Waals surface area contributed by atoms with Crippen molar-refractivity contribution in [2.45, 2.75) is 58.8 Å². The lowest BCUT2D eigenvalue weighted by Gasteiger charge is -2.44. The van der Waals surface area contributed by atoms with Crippen molar-refractivity contribution < 1.29 is 19.0 Å². The maximum atomic E-state index is 12.5. The molecule has 0 N–H and O–H groups in total. The van der Waals surface area contributed by atoms with Crippen LogP contribution < -0.4 is 14.4 Å². The first-order valence-corrected chi connectivity index (χ1v) is 17.7. The maximum Gasteiger partial charge on any atom is 0.410 e. The Morgan fingerprint density at radius 1 is 0.800 bits per heavy atom. The van der Waals surface area contributed by atoms with Gasteiger partial charge >= 0.3 is 6.09 Å². The molecule has 4 heterocycles. The third-order valence-corrected chi connectivity index (χ3v) is 9.61. The molecule has 0 saturated carbocycles. The van der Waals surface area contributed by atoms with Gasteiger partial charge in [-0.1, -0.05) is 72.8 Å². The Hall–Kier alpha value is -5.05. The zero-order valence-electron chi connectivity index (χ0n) is 29.5. The van der Waals surface area contributed by atoms with E-state index in [1.807, 2.05) is 110 Å². The Balaban J connectivity index is 1.06. The van der Waals surface area contributed by atoms with E-state index >= 15 is 0 Å². The molecule has 0 spiro atoms. The van der Waals surface area contributed by atoms with E-state index in [-0.39, 0.29) is 6.09 Å². The number of rotatable bonds is 10. The van der Waals surface area contributed by atoms with Crippen molar-refractivity contribution in [1.29, 1.82) is 0 Å². The van der Waals surface area contributed by atoms with Crippen LogP contribution >= 0.6 is 0 Å². The summed E-state index contributed by atoms with van der Waals surface area (Å²) in [5.41, 5.74) is 5.64. The van der Waals surface area contributed by atoms with Crippen molar-refractivity contribution in [2.75, 3.05) is 31.1 Å². The molecule has 3 aromatic carbocycles. The van der Waals surface area contributed by atoms with Gasteiger partial charge in [0.25, 0.3) is 0 Å². The van der Waals surface area contributed by atoms with E-state index in [1.165, 1.54) is 12.1 Å². The topological polar surface area (TPSA) is 82.0 Å². The van der Waals surface area contributed by atoms with Gasteiger partial charge in [0.05, 0.1) is 16.8 Å². The SMILES string of the molecule is Cn1nc(-c2ccc(OCc3ccccc3)nc2OCc2ccccc2)c2cccc(N3CC(CC4CCN(C(=O)OC(C)(C)C)CC4)C3)c21. The van der Waals surface area contributed by atoms with E-state index in [9.17, 15) is 4.79 Å². The summed E-state index contributed by atoms with van der Waals surface area (Å²) < 4.78 is 20.1. The smallest absolute Gasteiger partial charge is 0.410 e. The van der Waals surface area contributed by atoms with Gasteiger partial charge in [0, 0.05) is 44.7 Å². The fourth-order valence-electron chi connectivity index (χ4n) is 7.09. The molecule has 2 aliphatic heterocycles. The minimum atomic E-state index is -0.460. The summed E-state index contributed by atoms with van der Waals surface area (Å²) >= 11 is 0. The number of carbonyl (C=O) groups is 1. The van der Waals surface area contributed by atoms with E-state index in [2.05, 4.69) is 23.1 Å². The van der Waals surface area contributed by atoms with Crippen LogP contribution in [0.15, 0.2) is 91.0 Å². The minimum Gasteiger partial charge on any atom is -0.473 e. The van der Waals surface area contributed by atoms with Crippen LogP contribution in [0.3, 0.4) is 0 Å². The average Bonchev–Trinajstić information content (AvgIpc) is 3.44. The molecule has 260 valence electrons. The number of fused-ring (bicyclic) bond motifs is 1. The lowest BCUT2D eigenvalue weighted by atomic mass is 9.83. The molecule has 1 amide bonds. The molecule has 7 rings (SSSR count). The number of piperidine rings is 1. The number of para-hydroxylation sites is 1. The predicted octanol–water partition coefficient (Wildman–Crippen LogP) is 8.27. The number of nitrogens with zero attached hydrogens (tertiary/aromatic N) is 5. The Kier molecular flexibility index (Phi) is 9.65. The summed E-state index contributed by atoms with van der Waals surface area (Å²) in [5.74, 6) is 2.28. The number of anilines is 1. The molecule has 0 atom stereocenters. The quantitative estimate of drug-likeness (QED) is 0.148. The van der Waals surface area contributed by atoms with Gasteiger partial charge in [0.15, 0.2) is 0 Å². The zero-order chi connectivity index (χ0) is 34.7. The van der Waals surface area contributed by atoms with Gasteiger partial charge in [-0.15, -0.1) is 0 Å². The van der Waals surface area contributed by atoms with E-state index < -0.39 is 5.60 Å². The maximum absolute atomic E-state index is 12.5. The van der Waals surface area contributed by atoms with Gasteiger partial charge in [-0.05, 0) is 75.1 Å². The highest BCUT2D eigenvalue weighted by Crippen LogP contribution is 2.40. The van der Waals surface area contributed by atoms with Crippen LogP contribution in [0.4, 0.5) is 10.5 Å². The van der Waals surface area contributed by atoms with E-state index in [4.69, 9.17) is 24.3 Å². The number of benzene rings is 3. The van der Waals surface area contributed by atoms with Crippen molar-refractivity contribution in [2.24, 2.45) is 18.9 Å². The van der Waals surface area contributed by atoms with E-state index in [0.717, 1.165) is 72.3 Å². The summed E-state index contributed by atoms with van der Waals surface area (Å²) in [6.07, 6.45) is 3.08. The van der Waals surface area contributed by atoms with Crippen molar-refractivity contribution in [3.05, 3.63) is 102 Å². The summed E-state index contributed by atoms with van der Waals surface area (Å²) in [4.78, 5) is 21.7. The first-order chi connectivity index (χ1) is 24.2. The molecule has 2 saturated heterocycles. The molecule has 0 aliphatic carbocycles. The normalized spacial score (nSPS) is 15.6. The molecule has 5 aromatic rings. The second-order valence-electron chi connectivity index (χ2n) is 14.6. The standard InChI is InChI=1S/C41H47N5O4/c1-41(2,3)50-40(47)45-22-20-29(21-23-45)24-32-25-46(26-32)35-17-11-16-33-37(43-44(4)38(33)35)34-18-19-36(48-27-30-12-7-5-8-13-30)42-39(34)49-28-31-14-9-6-10-15-31/h5-19,29,32H,20-28H2,1-4H3. The number of amides is 1. The molecular weight excluding hydrogens is 626 g/mol. The first kappa shape index (κ1) is 33.4. The number of carbonyl (C=O) groups excluding carboxylic acids is 1. The molecule has 0 bridgehead atoms. The van der Waals surface area contributed by atoms with Gasteiger partial charge in [0.1, 0.15) is 24.5 Å². The summed E-state index contributed by atoms with van der Waals surface area (Å²) in [6.45, 7) is 10.2. The molecule has 0 radical (unpaired) electrons. The number of likely N-dealkylation sites (tertiary alicyclic amines) is 1. The van der Waals surface area contributed by atoms with Crippen LogP contribution in [0.2, 0.25) is 0 Å². The largest absolute Gasteiger partial charge is 0.473 e. The van der Waals surface area contributed by atoms with Crippen LogP contribution in [0.1, 0.15) is 51.2 Å². The van der Waals surface area contributed by atoms with Crippen LogP contribution in [0.25, 0.3) is 22.2 Å². The molecule has 2 aromatic heterocycles. The summed E-state index contributed by atoms with van der Waals surface area (Å²) in [6, 6.07) is 30.6. The van der Waals surface area contributed by atoms with Crippen LogP contribution in [-0.2, 0) is 25.0 Å². The number of aromatic nitrogens is 3. The van der Waals surface area contributed by atoms with Gasteiger partial charge < -0.3 is 24.0 Å². The lowest BCUT2D eigenvalue weighted by Crippen LogP contribution is -2.48. The molecule has 9 heteroatoms. The Morgan fingerprint density at radius 2 is 1.46 bits per heavy atom. The minimum absolute atomic E-state index is 0.188. The molecule has 0 unspecified atom stereocenters. The van der Waals surface area contributed by atoms with Crippen molar-refractivity contribution in [1.82, 2.24) is 19.7 Å². The van der Waals surface area contributed by atoms with Crippen LogP contribution in [0.5, 0.6) is 11.8 Å². The van der Waals surface area contributed by atoms with Crippen LogP contribution in [-0.4, -0.2) is 57.5 Å². The lowest BCUT2D eigenvalue weighted by molar-refractivity contribution is 0.0174. The highest BCUT2D eigenvalue weighted by Gasteiger charge is 2.34. The number of hydrogen-bond donors (Lipinski definition) is 0. The van der Waals surface area contributed by atoms with Crippen molar-refractivity contribution >= 4 is 22.7 Å². The number of pyridine rings is 1. The van der Waals surface area contributed by atoms with Gasteiger partial charge in [-0.25, -0.2) is 4.79 Å². The Morgan fingerprint density at radius 3 is 2.12 bits per heavy atom. The second-order valence-corrected chi connectivity index (χ2v) is 14.6. The highest BCUT2D eigenvalue weighted by molar-refractivity contribution is 6.01. The fraction of sp³-hybridized carbons (Fsp3) is 0.390.